The van der Waals surface area contributed by atoms with E-state index in [-0.39, 0.29) is 12.5 Å². The number of aliphatic hydroxyl groups excluding tert-OH is 1. The summed E-state index contributed by atoms with van der Waals surface area (Å²) >= 11 is 3.46. The monoisotopic (exact) mass is 287 g/mol. The molecule has 1 atom stereocenters. The van der Waals surface area contributed by atoms with Gasteiger partial charge in [-0.2, -0.15) is 0 Å². The van der Waals surface area contributed by atoms with Crippen LogP contribution in [0.15, 0.2) is 22.7 Å². The molecule has 1 aromatic carbocycles. The van der Waals surface area contributed by atoms with Gasteiger partial charge in [-0.05, 0) is 59.4 Å². The maximum Gasteiger partial charge on any atom is 0.133 e. The average Bonchev–Trinajstić information content (AvgIpc) is 2.29. The third kappa shape index (κ3) is 3.77. The maximum atomic E-state index is 9.08. The molecule has 0 fully saturated rings. The number of benzene rings is 1. The second-order valence-electron chi connectivity index (χ2n) is 3.69. The van der Waals surface area contributed by atoms with Crippen LogP contribution in [-0.4, -0.2) is 24.9 Å². The normalized spacial score (nSPS) is 12.5. The number of nitrogens with two attached hydrogens (primary N) is 1. The molecule has 0 aromatic heterocycles. The van der Waals surface area contributed by atoms with Gasteiger partial charge in [-0.3, -0.25) is 0 Å². The predicted octanol–water partition coefficient (Wildman–Crippen LogP) is 1.96. The van der Waals surface area contributed by atoms with Crippen LogP contribution in [0.1, 0.15) is 12.5 Å². The van der Waals surface area contributed by atoms with Crippen LogP contribution < -0.4 is 10.5 Å². The Morgan fingerprint density at radius 1 is 1.50 bits per heavy atom. The van der Waals surface area contributed by atoms with Gasteiger partial charge in [0.1, 0.15) is 5.75 Å². The summed E-state index contributed by atoms with van der Waals surface area (Å²) in [5.74, 6) is 0.976. The Morgan fingerprint density at radius 3 is 2.75 bits per heavy atom. The Labute approximate surface area is 105 Å². The van der Waals surface area contributed by atoms with Crippen LogP contribution >= 0.6 is 15.9 Å². The summed E-state index contributed by atoms with van der Waals surface area (Å²) < 4.78 is 6.37. The summed E-state index contributed by atoms with van der Waals surface area (Å²) in [7, 11) is 0. The Morgan fingerprint density at radius 2 is 2.25 bits per heavy atom. The highest BCUT2D eigenvalue weighted by molar-refractivity contribution is 9.10. The molecule has 1 unspecified atom stereocenters. The Bertz CT molecular complexity index is 327. The number of aliphatic hydroxyl groups is 1. The molecule has 0 aliphatic rings. The predicted molar refractivity (Wildman–Crippen MR) is 68.6 cm³/mol. The minimum Gasteiger partial charge on any atom is -0.493 e. The molecule has 4 heteroatoms. The quantitative estimate of drug-likeness (QED) is 0.841. The van der Waals surface area contributed by atoms with Gasteiger partial charge in [0.2, 0.25) is 0 Å². The fourth-order valence-corrected chi connectivity index (χ4v) is 2.04. The van der Waals surface area contributed by atoms with Gasteiger partial charge in [0, 0.05) is 6.61 Å². The number of hydrogen-bond donors (Lipinski definition) is 2. The van der Waals surface area contributed by atoms with Crippen molar-refractivity contribution in [2.24, 2.45) is 11.7 Å². The van der Waals surface area contributed by atoms with Crippen molar-refractivity contribution in [1.29, 1.82) is 0 Å². The van der Waals surface area contributed by atoms with Crippen LogP contribution in [-0.2, 0) is 6.42 Å². The van der Waals surface area contributed by atoms with Crippen LogP contribution in [0.4, 0.5) is 0 Å². The molecular weight excluding hydrogens is 270 g/mol. The summed E-state index contributed by atoms with van der Waals surface area (Å²) in [6.45, 7) is 3.24. The topological polar surface area (TPSA) is 55.5 Å². The zero-order valence-electron chi connectivity index (χ0n) is 9.45. The zero-order valence-corrected chi connectivity index (χ0v) is 11.0. The van der Waals surface area contributed by atoms with E-state index in [1.54, 1.807) is 0 Å². The molecule has 1 rings (SSSR count). The fraction of sp³-hybridized carbons (Fsp3) is 0.500. The van der Waals surface area contributed by atoms with Gasteiger partial charge in [-0.15, -0.1) is 0 Å². The highest BCUT2D eigenvalue weighted by atomic mass is 79.9. The van der Waals surface area contributed by atoms with Gasteiger partial charge in [0.25, 0.3) is 0 Å². The Kier molecular flexibility index (Phi) is 5.80. The van der Waals surface area contributed by atoms with Gasteiger partial charge in [-0.25, -0.2) is 0 Å². The van der Waals surface area contributed by atoms with Gasteiger partial charge in [0.15, 0.2) is 0 Å². The van der Waals surface area contributed by atoms with Gasteiger partial charge in [0.05, 0.1) is 11.1 Å². The largest absolute Gasteiger partial charge is 0.493 e. The van der Waals surface area contributed by atoms with Gasteiger partial charge in [-0.1, -0.05) is 6.07 Å². The van der Waals surface area contributed by atoms with Crippen molar-refractivity contribution in [3.63, 3.8) is 0 Å². The highest BCUT2D eigenvalue weighted by Crippen LogP contribution is 2.26. The van der Waals surface area contributed by atoms with E-state index < -0.39 is 0 Å². The van der Waals surface area contributed by atoms with Crippen LogP contribution in [0, 0.1) is 5.92 Å². The van der Waals surface area contributed by atoms with E-state index in [1.807, 2.05) is 25.1 Å². The van der Waals surface area contributed by atoms with Crippen molar-refractivity contribution >= 4 is 15.9 Å². The molecule has 0 aliphatic heterocycles. The summed E-state index contributed by atoms with van der Waals surface area (Å²) in [6.07, 6.45) is 0.790. The fourth-order valence-electron chi connectivity index (χ4n) is 1.50. The lowest BCUT2D eigenvalue weighted by atomic mass is 10.0. The SMILES string of the molecule is CCOc1ccc(CC(CN)CO)cc1Br. The molecule has 0 heterocycles. The first-order valence-corrected chi connectivity index (χ1v) is 6.22. The molecular formula is C12H18BrNO2. The molecule has 3 N–H and O–H groups in total. The smallest absolute Gasteiger partial charge is 0.133 e. The molecule has 16 heavy (non-hydrogen) atoms. The number of rotatable bonds is 6. The van der Waals surface area contributed by atoms with Crippen molar-refractivity contribution in [2.45, 2.75) is 13.3 Å². The first kappa shape index (κ1) is 13.5. The first-order valence-electron chi connectivity index (χ1n) is 5.43. The van der Waals surface area contributed by atoms with E-state index in [9.17, 15) is 0 Å². The molecule has 0 aliphatic carbocycles. The third-order valence-corrected chi connectivity index (χ3v) is 3.03. The molecule has 0 saturated carbocycles. The van der Waals surface area contributed by atoms with E-state index in [4.69, 9.17) is 15.6 Å². The average molecular weight is 288 g/mol. The second kappa shape index (κ2) is 6.89. The number of hydrogen-bond acceptors (Lipinski definition) is 3. The molecule has 0 radical (unpaired) electrons. The van der Waals surface area contributed by atoms with Crippen molar-refractivity contribution in [1.82, 2.24) is 0 Å². The first-order chi connectivity index (χ1) is 7.71. The van der Waals surface area contributed by atoms with E-state index in [0.717, 1.165) is 22.2 Å². The van der Waals surface area contributed by atoms with Gasteiger partial charge < -0.3 is 15.6 Å². The molecule has 0 amide bonds. The lowest BCUT2D eigenvalue weighted by Gasteiger charge is -2.13. The lowest BCUT2D eigenvalue weighted by Crippen LogP contribution is -2.20. The highest BCUT2D eigenvalue weighted by Gasteiger charge is 2.08. The number of ether oxygens (including phenoxy) is 1. The van der Waals surface area contributed by atoms with Gasteiger partial charge >= 0.3 is 0 Å². The molecule has 90 valence electrons. The second-order valence-corrected chi connectivity index (χ2v) is 4.54. The van der Waals surface area contributed by atoms with E-state index in [0.29, 0.717) is 13.2 Å². The summed E-state index contributed by atoms with van der Waals surface area (Å²) in [6, 6.07) is 5.96. The van der Waals surface area contributed by atoms with Crippen LogP contribution in [0.25, 0.3) is 0 Å². The van der Waals surface area contributed by atoms with E-state index >= 15 is 0 Å². The van der Waals surface area contributed by atoms with Crippen LogP contribution in [0.5, 0.6) is 5.75 Å². The standard InChI is InChI=1S/C12H18BrNO2/c1-2-16-12-4-3-9(6-11(12)13)5-10(7-14)8-15/h3-4,6,10,15H,2,5,7-8,14H2,1H3. The third-order valence-electron chi connectivity index (χ3n) is 2.41. The van der Waals surface area contributed by atoms with Crippen molar-refractivity contribution in [3.05, 3.63) is 28.2 Å². The zero-order chi connectivity index (χ0) is 12.0. The molecule has 0 spiro atoms. The van der Waals surface area contributed by atoms with Crippen LogP contribution in [0.2, 0.25) is 0 Å². The van der Waals surface area contributed by atoms with Crippen molar-refractivity contribution < 1.29 is 9.84 Å². The van der Waals surface area contributed by atoms with Crippen LogP contribution in [0.3, 0.4) is 0 Å². The minimum atomic E-state index is 0.126. The molecule has 0 saturated heterocycles. The maximum absolute atomic E-state index is 9.08. The van der Waals surface area contributed by atoms with E-state index in [2.05, 4.69) is 15.9 Å². The van der Waals surface area contributed by atoms with E-state index in [1.165, 1.54) is 0 Å². The lowest BCUT2D eigenvalue weighted by molar-refractivity contribution is 0.230. The number of halogens is 1. The molecule has 1 aromatic rings. The summed E-state index contributed by atoms with van der Waals surface area (Å²) in [4.78, 5) is 0. The summed E-state index contributed by atoms with van der Waals surface area (Å²) in [5.41, 5.74) is 6.70. The summed E-state index contributed by atoms with van der Waals surface area (Å²) in [5, 5.41) is 9.08. The van der Waals surface area contributed by atoms with Crippen molar-refractivity contribution in [3.8, 4) is 5.75 Å². The Hall–Kier alpha value is -0.580. The Balaban J connectivity index is 2.72. The molecule has 3 nitrogen and oxygen atoms in total. The molecule has 0 bridgehead atoms. The van der Waals surface area contributed by atoms with Crippen molar-refractivity contribution in [2.75, 3.05) is 19.8 Å². The minimum absolute atomic E-state index is 0.126.